The fourth-order valence-electron chi connectivity index (χ4n) is 3.05. The Balaban J connectivity index is 1.74. The van der Waals surface area contributed by atoms with Crippen molar-refractivity contribution in [2.45, 2.75) is 25.0 Å². The van der Waals surface area contributed by atoms with E-state index in [-0.39, 0.29) is 18.0 Å². The summed E-state index contributed by atoms with van der Waals surface area (Å²) in [7, 11) is 0. The van der Waals surface area contributed by atoms with Gasteiger partial charge in [0.2, 0.25) is 0 Å². The molecule has 4 unspecified atom stereocenters. The lowest BCUT2D eigenvalue weighted by molar-refractivity contribution is -0.147. The van der Waals surface area contributed by atoms with Gasteiger partial charge in [-0.2, -0.15) is 0 Å². The standard InChI is InChI=1S/C14H17FN2O3/c15-9-1-3-10(4-2-9)20-13-5-8-7-16-17-12(8)6-11(13)14(18)19/h1-4,8,11-13,16-17H,5-7H2,(H,18,19). The first kappa shape index (κ1) is 13.3. The summed E-state index contributed by atoms with van der Waals surface area (Å²) in [5.74, 6) is -0.839. The molecular weight excluding hydrogens is 263 g/mol. The zero-order valence-corrected chi connectivity index (χ0v) is 10.9. The van der Waals surface area contributed by atoms with Gasteiger partial charge in [0, 0.05) is 12.6 Å². The number of benzene rings is 1. The molecule has 0 spiro atoms. The molecule has 1 aromatic carbocycles. The zero-order chi connectivity index (χ0) is 14.1. The molecule has 20 heavy (non-hydrogen) atoms. The largest absolute Gasteiger partial charge is 0.490 e. The lowest BCUT2D eigenvalue weighted by Gasteiger charge is -2.35. The van der Waals surface area contributed by atoms with E-state index in [0.29, 0.717) is 24.5 Å². The van der Waals surface area contributed by atoms with E-state index in [2.05, 4.69) is 10.9 Å². The molecule has 1 saturated carbocycles. The molecule has 0 radical (unpaired) electrons. The van der Waals surface area contributed by atoms with Crippen LogP contribution in [0.1, 0.15) is 12.8 Å². The van der Waals surface area contributed by atoms with E-state index in [1.165, 1.54) is 24.3 Å². The summed E-state index contributed by atoms with van der Waals surface area (Å²) in [4.78, 5) is 11.4. The smallest absolute Gasteiger partial charge is 0.310 e. The molecule has 108 valence electrons. The minimum absolute atomic E-state index is 0.184. The fourth-order valence-corrected chi connectivity index (χ4v) is 3.05. The van der Waals surface area contributed by atoms with Crippen molar-refractivity contribution in [3.8, 4) is 5.75 Å². The van der Waals surface area contributed by atoms with Gasteiger partial charge in [-0.25, -0.2) is 4.39 Å². The molecule has 1 aliphatic carbocycles. The summed E-state index contributed by atoms with van der Waals surface area (Å²) in [5.41, 5.74) is 6.18. The first-order valence-corrected chi connectivity index (χ1v) is 6.77. The van der Waals surface area contributed by atoms with Crippen molar-refractivity contribution in [2.75, 3.05) is 6.54 Å². The number of ether oxygens (including phenoxy) is 1. The number of carbonyl (C=O) groups is 1. The second-order valence-electron chi connectivity index (χ2n) is 5.42. The lowest BCUT2D eigenvalue weighted by Crippen LogP contribution is -2.46. The summed E-state index contributed by atoms with van der Waals surface area (Å²) in [6.07, 6.45) is 0.846. The topological polar surface area (TPSA) is 70.6 Å². The monoisotopic (exact) mass is 280 g/mol. The Morgan fingerprint density at radius 3 is 2.75 bits per heavy atom. The number of rotatable bonds is 3. The van der Waals surface area contributed by atoms with Crippen LogP contribution in [0.2, 0.25) is 0 Å². The number of nitrogens with one attached hydrogen (secondary N) is 2. The highest BCUT2D eigenvalue weighted by Crippen LogP contribution is 2.34. The van der Waals surface area contributed by atoms with Crippen LogP contribution < -0.4 is 15.6 Å². The highest BCUT2D eigenvalue weighted by molar-refractivity contribution is 5.71. The third-order valence-electron chi connectivity index (χ3n) is 4.13. The molecule has 6 heteroatoms. The molecule has 3 N–H and O–H groups in total. The van der Waals surface area contributed by atoms with Gasteiger partial charge in [-0.3, -0.25) is 15.6 Å². The number of hydrogen-bond acceptors (Lipinski definition) is 4. The molecule has 1 aromatic rings. The van der Waals surface area contributed by atoms with Gasteiger partial charge in [-0.15, -0.1) is 0 Å². The maximum absolute atomic E-state index is 12.9. The Labute approximate surface area is 116 Å². The highest BCUT2D eigenvalue weighted by atomic mass is 19.1. The first-order chi connectivity index (χ1) is 9.63. The molecule has 1 saturated heterocycles. The van der Waals surface area contributed by atoms with Crippen LogP contribution >= 0.6 is 0 Å². The second-order valence-corrected chi connectivity index (χ2v) is 5.42. The summed E-state index contributed by atoms with van der Waals surface area (Å²) in [5, 5.41) is 9.36. The normalized spacial score (nSPS) is 32.6. The predicted octanol–water partition coefficient (Wildman–Crippen LogP) is 1.16. The zero-order valence-electron chi connectivity index (χ0n) is 10.9. The molecule has 0 bridgehead atoms. The summed E-state index contributed by atoms with van der Waals surface area (Å²) in [6.45, 7) is 0.820. The molecule has 2 aliphatic rings. The van der Waals surface area contributed by atoms with E-state index >= 15 is 0 Å². The number of carboxylic acid groups (broad SMARTS) is 1. The number of fused-ring (bicyclic) bond motifs is 1. The average molecular weight is 280 g/mol. The minimum atomic E-state index is -0.843. The van der Waals surface area contributed by atoms with Crippen LogP contribution in [0.15, 0.2) is 24.3 Å². The van der Waals surface area contributed by atoms with E-state index in [1.54, 1.807) is 0 Å². The molecular formula is C14H17FN2O3. The van der Waals surface area contributed by atoms with Crippen molar-refractivity contribution in [3.63, 3.8) is 0 Å². The number of aliphatic carboxylic acids is 1. The minimum Gasteiger partial charge on any atom is -0.490 e. The lowest BCUT2D eigenvalue weighted by atomic mass is 9.77. The van der Waals surface area contributed by atoms with Crippen molar-refractivity contribution >= 4 is 5.97 Å². The SMILES string of the molecule is O=C(O)C1CC2NNCC2CC1Oc1ccc(F)cc1. The van der Waals surface area contributed by atoms with Crippen molar-refractivity contribution in [1.29, 1.82) is 0 Å². The third kappa shape index (κ3) is 2.62. The molecule has 2 fully saturated rings. The van der Waals surface area contributed by atoms with Crippen molar-refractivity contribution in [2.24, 2.45) is 11.8 Å². The van der Waals surface area contributed by atoms with E-state index in [0.717, 1.165) is 6.54 Å². The van der Waals surface area contributed by atoms with Crippen molar-refractivity contribution in [3.05, 3.63) is 30.1 Å². The van der Waals surface area contributed by atoms with Crippen LogP contribution in [0.3, 0.4) is 0 Å². The molecule has 3 rings (SSSR count). The Kier molecular flexibility index (Phi) is 3.58. The van der Waals surface area contributed by atoms with Gasteiger partial charge in [-0.05, 0) is 43.0 Å². The quantitative estimate of drug-likeness (QED) is 0.775. The maximum Gasteiger partial charge on any atom is 0.310 e. The molecule has 1 aliphatic heterocycles. The van der Waals surface area contributed by atoms with Crippen LogP contribution in [-0.4, -0.2) is 29.8 Å². The van der Waals surface area contributed by atoms with Gasteiger partial charge in [0.1, 0.15) is 17.7 Å². The van der Waals surface area contributed by atoms with E-state index in [9.17, 15) is 14.3 Å². The predicted molar refractivity (Wildman–Crippen MR) is 69.6 cm³/mol. The Morgan fingerprint density at radius 2 is 2.05 bits per heavy atom. The Morgan fingerprint density at radius 1 is 1.30 bits per heavy atom. The van der Waals surface area contributed by atoms with Crippen molar-refractivity contribution < 1.29 is 19.0 Å². The van der Waals surface area contributed by atoms with Gasteiger partial charge in [0.05, 0.1) is 5.92 Å². The number of carboxylic acids is 1. The highest BCUT2D eigenvalue weighted by Gasteiger charge is 2.43. The van der Waals surface area contributed by atoms with Gasteiger partial charge in [0.25, 0.3) is 0 Å². The van der Waals surface area contributed by atoms with Crippen LogP contribution in [0, 0.1) is 17.7 Å². The first-order valence-electron chi connectivity index (χ1n) is 6.77. The molecule has 1 heterocycles. The number of hydrogen-bond donors (Lipinski definition) is 3. The Hall–Kier alpha value is -1.66. The van der Waals surface area contributed by atoms with E-state index in [4.69, 9.17) is 4.74 Å². The van der Waals surface area contributed by atoms with Crippen LogP contribution in [-0.2, 0) is 4.79 Å². The molecule has 0 aromatic heterocycles. The van der Waals surface area contributed by atoms with Crippen LogP contribution in [0.25, 0.3) is 0 Å². The second kappa shape index (κ2) is 5.38. The summed E-state index contributed by atoms with van der Waals surface area (Å²) < 4.78 is 18.7. The van der Waals surface area contributed by atoms with E-state index < -0.39 is 11.9 Å². The van der Waals surface area contributed by atoms with E-state index in [1.807, 2.05) is 0 Å². The van der Waals surface area contributed by atoms with Crippen LogP contribution in [0.5, 0.6) is 5.75 Å². The van der Waals surface area contributed by atoms with Crippen molar-refractivity contribution in [1.82, 2.24) is 10.9 Å². The van der Waals surface area contributed by atoms with Gasteiger partial charge in [0.15, 0.2) is 0 Å². The third-order valence-corrected chi connectivity index (χ3v) is 4.13. The average Bonchev–Trinajstić information content (AvgIpc) is 2.87. The molecule has 4 atom stereocenters. The summed E-state index contributed by atoms with van der Waals surface area (Å²) in [6, 6.07) is 5.88. The number of halogens is 1. The van der Waals surface area contributed by atoms with Gasteiger partial charge < -0.3 is 9.84 Å². The van der Waals surface area contributed by atoms with Crippen LogP contribution in [0.4, 0.5) is 4.39 Å². The molecule has 5 nitrogen and oxygen atoms in total. The van der Waals surface area contributed by atoms with Gasteiger partial charge >= 0.3 is 5.97 Å². The number of hydrazine groups is 1. The summed E-state index contributed by atoms with van der Waals surface area (Å²) >= 11 is 0. The van der Waals surface area contributed by atoms with Gasteiger partial charge in [-0.1, -0.05) is 0 Å². The molecule has 0 amide bonds. The fraction of sp³-hybridized carbons (Fsp3) is 0.500. The maximum atomic E-state index is 12.9. The Bertz CT molecular complexity index is 494.